The van der Waals surface area contributed by atoms with E-state index in [4.69, 9.17) is 56.1 Å². The number of ether oxygens (including phenoxy) is 4. The number of anilines is 3. The van der Waals surface area contributed by atoms with Gasteiger partial charge in [-0.05, 0) is 71.0 Å². The first-order valence-corrected chi connectivity index (χ1v) is 31.7. The Morgan fingerprint density at radius 2 is 1.43 bits per heavy atom. The number of para-hydroxylation sites is 1. The molecule has 10 atom stereocenters. The van der Waals surface area contributed by atoms with Crippen LogP contribution in [-0.4, -0.2) is 125 Å². The summed E-state index contributed by atoms with van der Waals surface area (Å²) in [4.78, 5) is 49.3. The number of amides is 1. The number of pyridine rings is 1. The number of nitrogens with zero attached hydrogens (tertiary/aromatic N) is 11. The van der Waals surface area contributed by atoms with Gasteiger partial charge in [0, 0.05) is 29.5 Å². The maximum Gasteiger partial charge on any atom is 0.389 e. The number of rotatable bonds is 12. The van der Waals surface area contributed by atoms with E-state index in [-0.39, 0.29) is 63.4 Å². The largest absolute Gasteiger partial charge is 0.492 e. The van der Waals surface area contributed by atoms with E-state index in [1.165, 1.54) is 46.2 Å². The van der Waals surface area contributed by atoms with Crippen molar-refractivity contribution in [3.05, 3.63) is 145 Å². The number of carbonyl (C=O) groups excluding carboxylic acids is 2. The Bertz CT molecular complexity index is 4150. The molecule has 31 heteroatoms. The number of hydrogen-bond donors (Lipinski definition) is 2. The minimum absolute atomic E-state index is 0.00454. The number of nitrogen functional groups attached to an aromatic ring is 2. The number of alkyl halides is 2. The predicted molar refractivity (Wildman–Crippen MR) is 309 cm³/mol. The molecule has 0 spiro atoms. The van der Waals surface area contributed by atoms with Crippen LogP contribution >= 0.6 is 25.7 Å². The summed E-state index contributed by atoms with van der Waals surface area (Å²) in [5.41, 5.74) is 18.7. The number of halogens is 2. The third kappa shape index (κ3) is 11.0. The van der Waals surface area contributed by atoms with Gasteiger partial charge in [-0.3, -0.25) is 27.5 Å². The van der Waals surface area contributed by atoms with Gasteiger partial charge in [0.25, 0.3) is 7.47 Å². The van der Waals surface area contributed by atoms with Gasteiger partial charge in [-0.1, -0.05) is 66.7 Å². The van der Waals surface area contributed by atoms with Crippen LogP contribution in [0.25, 0.3) is 44.8 Å². The maximum absolute atomic E-state index is 17.0. The fraction of sp³-hybridized carbons (Fsp3) is 0.291. The SMILES string of the molecule is [B][P@]1(=O)OC[C@H]2O[C@@H](n3cnc4c(N)ccnc43)[C@H](F)[C@@H]2O[P@](=O)(SCc2ccc(OC(=O)c3ccc(OCCn4nnc5c4-c4ccccc4CN(C(=O)CC)c4ccccc4-5)cc3)cc2)OC[C@H]2O[C@@H](n3cnc4c(N)ncnc43)[C@H](F)[C@@H]2O1. The smallest absolute Gasteiger partial charge is 0.389 e. The van der Waals surface area contributed by atoms with Crippen molar-refractivity contribution < 1.29 is 64.5 Å². The van der Waals surface area contributed by atoms with Crippen LogP contribution < -0.4 is 25.8 Å². The Morgan fingerprint density at radius 1 is 0.767 bits per heavy atom. The zero-order valence-corrected chi connectivity index (χ0v) is 47.9. The van der Waals surface area contributed by atoms with Crippen molar-refractivity contribution >= 4 is 84.6 Å². The molecule has 9 aromatic rings. The fourth-order valence-electron chi connectivity index (χ4n) is 10.6. The van der Waals surface area contributed by atoms with E-state index in [1.54, 1.807) is 46.0 Å². The van der Waals surface area contributed by atoms with Gasteiger partial charge in [0.1, 0.15) is 65.6 Å². The van der Waals surface area contributed by atoms with Gasteiger partial charge < -0.3 is 44.4 Å². The average molecular weight is 1230 g/mol. The van der Waals surface area contributed by atoms with E-state index >= 15 is 13.3 Å². The quantitative estimate of drug-likeness (QED) is 0.0501. The minimum Gasteiger partial charge on any atom is -0.492 e. The monoisotopic (exact) mass is 1230 g/mol. The first kappa shape index (κ1) is 57.1. The molecule has 2 radical (unpaired) electrons. The van der Waals surface area contributed by atoms with E-state index in [9.17, 15) is 14.2 Å². The Morgan fingerprint density at radius 3 is 2.17 bits per heavy atom. The van der Waals surface area contributed by atoms with Crippen molar-refractivity contribution in [3.8, 4) is 34.0 Å². The molecule has 4 aliphatic rings. The molecule has 4 N–H and O–H groups in total. The summed E-state index contributed by atoms with van der Waals surface area (Å²) in [6, 6.07) is 29.8. The summed E-state index contributed by atoms with van der Waals surface area (Å²) >= 11 is 0.666. The molecule has 0 bridgehead atoms. The van der Waals surface area contributed by atoms with Crippen LogP contribution in [0.5, 0.6) is 11.5 Å². The molecule has 86 heavy (non-hydrogen) atoms. The number of esters is 1. The lowest BCUT2D eigenvalue weighted by Gasteiger charge is -2.30. The highest BCUT2D eigenvalue weighted by molar-refractivity contribution is 8.54. The summed E-state index contributed by atoms with van der Waals surface area (Å²) in [6.45, 7) is -3.32. The average Bonchev–Trinajstić information content (AvgIpc) is 1.87. The predicted octanol–water partition coefficient (Wildman–Crippen LogP) is 8.52. The summed E-state index contributed by atoms with van der Waals surface area (Å²) < 4.78 is 115. The van der Waals surface area contributed by atoms with Crippen LogP contribution in [-0.2, 0) is 60.3 Å². The number of carbonyl (C=O) groups is 2. The molecule has 4 aromatic carbocycles. The Labute approximate surface area is 492 Å². The number of aromatic nitrogens is 10. The lowest BCUT2D eigenvalue weighted by molar-refractivity contribution is -0.118. The lowest BCUT2D eigenvalue weighted by atomic mass is 9.95. The molecule has 13 rings (SSSR count). The van der Waals surface area contributed by atoms with Crippen molar-refractivity contribution in [1.29, 1.82) is 0 Å². The molecule has 3 fully saturated rings. The second kappa shape index (κ2) is 23.4. The van der Waals surface area contributed by atoms with Crippen LogP contribution in [0, 0.1) is 0 Å². The molecule has 4 aliphatic heterocycles. The molecular formula is C55H50BF2N13O12P2S. The van der Waals surface area contributed by atoms with Crippen LogP contribution in [0.3, 0.4) is 0 Å². The molecule has 0 saturated carbocycles. The van der Waals surface area contributed by atoms with Crippen molar-refractivity contribution in [1.82, 2.24) is 49.0 Å². The number of fused-ring (bicyclic) bond motifs is 9. The Hall–Kier alpha value is -7.98. The molecule has 440 valence electrons. The van der Waals surface area contributed by atoms with Crippen LogP contribution in [0.2, 0.25) is 0 Å². The maximum atomic E-state index is 17.0. The highest BCUT2D eigenvalue weighted by Gasteiger charge is 2.55. The second-order valence-corrected chi connectivity index (χ2v) is 25.8. The highest BCUT2D eigenvalue weighted by Crippen LogP contribution is 2.65. The van der Waals surface area contributed by atoms with Crippen LogP contribution in [0.4, 0.5) is 26.0 Å². The summed E-state index contributed by atoms with van der Waals surface area (Å²) in [5, 5.41) is 9.14. The fourth-order valence-corrected chi connectivity index (χ4v) is 15.0. The van der Waals surface area contributed by atoms with E-state index in [2.05, 4.69) is 35.2 Å². The third-order valence-corrected chi connectivity index (χ3v) is 19.6. The first-order chi connectivity index (χ1) is 41.6. The third-order valence-electron chi connectivity index (χ3n) is 14.9. The van der Waals surface area contributed by atoms with Crippen molar-refractivity contribution in [3.63, 3.8) is 0 Å². The molecule has 1 amide bonds. The van der Waals surface area contributed by atoms with Crippen molar-refractivity contribution in [2.75, 3.05) is 36.2 Å². The molecule has 3 saturated heterocycles. The van der Waals surface area contributed by atoms with Crippen molar-refractivity contribution in [2.45, 2.75) is 81.4 Å². The van der Waals surface area contributed by atoms with Gasteiger partial charge in [-0.15, -0.1) is 5.10 Å². The topological polar surface area (TPSA) is 302 Å². The van der Waals surface area contributed by atoms with E-state index in [1.807, 2.05) is 55.5 Å². The molecule has 9 heterocycles. The van der Waals surface area contributed by atoms with Gasteiger partial charge >= 0.3 is 12.8 Å². The number of nitrogens with two attached hydrogens (primary N) is 2. The summed E-state index contributed by atoms with van der Waals surface area (Å²) in [5.74, 6) is -0.0592. The summed E-state index contributed by atoms with van der Waals surface area (Å²) in [6.07, 6.45) is -8.44. The van der Waals surface area contributed by atoms with Gasteiger partial charge in [-0.25, -0.2) is 47.7 Å². The van der Waals surface area contributed by atoms with Crippen molar-refractivity contribution in [2.24, 2.45) is 0 Å². The van der Waals surface area contributed by atoms with Crippen LogP contribution in [0.1, 0.15) is 47.3 Å². The van der Waals surface area contributed by atoms with Gasteiger partial charge in [0.05, 0.1) is 61.6 Å². The van der Waals surface area contributed by atoms with Gasteiger partial charge in [-0.2, -0.15) is 0 Å². The molecule has 0 unspecified atom stereocenters. The molecule has 0 aliphatic carbocycles. The minimum atomic E-state index is -4.72. The van der Waals surface area contributed by atoms with Gasteiger partial charge in [0.2, 0.25) is 13.5 Å². The normalized spacial score (nSPS) is 25.6. The molecule has 5 aromatic heterocycles. The van der Waals surface area contributed by atoms with Crippen LogP contribution in [0.15, 0.2) is 128 Å². The first-order valence-electron chi connectivity index (χ1n) is 27.0. The number of imidazole rings is 2. The summed E-state index contributed by atoms with van der Waals surface area (Å²) in [7, 11) is 1.34. The lowest BCUT2D eigenvalue weighted by Crippen LogP contribution is -2.37. The zero-order chi connectivity index (χ0) is 59.4. The Balaban J connectivity index is 0.686. The molecule has 25 nitrogen and oxygen atoms in total. The van der Waals surface area contributed by atoms with E-state index in [0.29, 0.717) is 47.9 Å². The van der Waals surface area contributed by atoms with E-state index < -0.39 is 82.7 Å². The standard InChI is InChI=1S/C55H50BF2N13O12P2S/c1-2-41(72)68-23-32-7-3-4-8-35(32)47-44(36-9-5-6-10-38(36)68)66-67-71(47)21-22-76-33-17-13-31(14-18-33)55(73)79-34-15-11-30(12-16-34)26-86-85(75)78-25-40-48(42(57)53(81-40)70-29-65-46-50(60)62-27-63-52(46)70)82-84(56,74)77-24-39-49(83-85)43(58)54(80-39)69-28-64-45-37(59)19-20-61-51(45)69/h3-20,27-29,39-40,42-43,48-49,53-54H,2,21-26H2,1H3,(H2,59,61)(H2,60,62,63)/t39-,40-,42-,43-,48-,49-,53-,54-,84+,85-/m1/s1. The molecular weight excluding hydrogens is 1180 g/mol. The van der Waals surface area contributed by atoms with E-state index in [0.717, 1.165) is 34.4 Å². The zero-order valence-electron chi connectivity index (χ0n) is 45.3. The highest BCUT2D eigenvalue weighted by atomic mass is 32.7. The number of benzene rings is 4. The Kier molecular flexibility index (Phi) is 15.5. The second-order valence-electron chi connectivity index (χ2n) is 20.2. The van der Waals surface area contributed by atoms with Gasteiger partial charge in [0.15, 0.2) is 41.9 Å². The number of hydrogen-bond acceptors (Lipinski definition) is 22.